The number of nitrogens with zero attached hydrogens (tertiary/aromatic N) is 4. The zero-order valence-electron chi connectivity index (χ0n) is 20.0. The van der Waals surface area contributed by atoms with Crippen LogP contribution in [0.15, 0.2) is 18.3 Å². The van der Waals surface area contributed by atoms with Crippen LogP contribution in [0.25, 0.3) is 16.7 Å². The maximum Gasteiger partial charge on any atom is 0.417 e. The number of aromatic nitrogens is 3. The maximum atomic E-state index is 14.4. The molecule has 3 N–H and O–H groups in total. The lowest BCUT2D eigenvalue weighted by molar-refractivity contribution is 0.0533. The summed E-state index contributed by atoms with van der Waals surface area (Å²) >= 11 is 0. The molecular formula is C22H29FN6O5Si. The van der Waals surface area contributed by atoms with Gasteiger partial charge in [-0.3, -0.25) is 9.36 Å². The van der Waals surface area contributed by atoms with E-state index in [4.69, 9.17) is 15.2 Å². The molecule has 0 atom stereocenters. The predicted octanol–water partition coefficient (Wildman–Crippen LogP) is 2.02. The molecule has 11 nitrogen and oxygen atoms in total. The van der Waals surface area contributed by atoms with E-state index >= 15 is 0 Å². The van der Waals surface area contributed by atoms with Gasteiger partial charge in [0.2, 0.25) is 0 Å². The largest absolute Gasteiger partial charge is 0.417 e. The second-order valence-corrected chi connectivity index (χ2v) is 15.3. The summed E-state index contributed by atoms with van der Waals surface area (Å²) in [6.07, 6.45) is 0.489. The van der Waals surface area contributed by atoms with Crippen LogP contribution in [0.4, 0.5) is 9.18 Å². The van der Waals surface area contributed by atoms with E-state index in [-0.39, 0.29) is 34.5 Å². The molecule has 2 aromatic heterocycles. The fourth-order valence-corrected chi connectivity index (χ4v) is 4.69. The number of halogens is 1. The quantitative estimate of drug-likeness (QED) is 0.218. The van der Waals surface area contributed by atoms with Gasteiger partial charge in [-0.2, -0.15) is 5.10 Å². The van der Waals surface area contributed by atoms with Gasteiger partial charge in [-0.05, 0) is 18.2 Å². The summed E-state index contributed by atoms with van der Waals surface area (Å²) in [5, 5.41) is 7.35. The molecule has 1 saturated heterocycles. The van der Waals surface area contributed by atoms with Crippen molar-refractivity contribution in [3.05, 3.63) is 35.3 Å². The first-order chi connectivity index (χ1) is 16.6. The molecule has 188 valence electrons. The number of hydrogen-bond acceptors (Lipinski definition) is 7. The number of rotatable bonds is 7. The fourth-order valence-electron chi connectivity index (χ4n) is 3.94. The van der Waals surface area contributed by atoms with Gasteiger partial charge in [-0.25, -0.2) is 18.5 Å². The lowest BCUT2D eigenvalue weighted by Gasteiger charge is -2.25. The summed E-state index contributed by atoms with van der Waals surface area (Å²) in [5.41, 5.74) is 6.11. The highest BCUT2D eigenvalue weighted by Crippen LogP contribution is 2.28. The van der Waals surface area contributed by atoms with Gasteiger partial charge >= 0.3 is 12.1 Å². The van der Waals surface area contributed by atoms with Crippen LogP contribution in [-0.2, 0) is 16.2 Å². The third kappa shape index (κ3) is 5.21. The lowest BCUT2D eigenvalue weighted by atomic mass is 10.1. The third-order valence-corrected chi connectivity index (χ3v) is 7.52. The van der Waals surface area contributed by atoms with Gasteiger partial charge in [-0.1, -0.05) is 19.6 Å². The Morgan fingerprint density at radius 1 is 1.17 bits per heavy atom. The highest BCUT2D eigenvalue weighted by Gasteiger charge is 2.28. The average molecular weight is 505 g/mol. The van der Waals surface area contributed by atoms with Crippen LogP contribution in [0.5, 0.6) is 0 Å². The Labute approximate surface area is 201 Å². The Morgan fingerprint density at radius 3 is 2.54 bits per heavy atom. The van der Waals surface area contributed by atoms with Crippen molar-refractivity contribution in [1.82, 2.24) is 24.4 Å². The van der Waals surface area contributed by atoms with Crippen LogP contribution in [-0.4, -0.2) is 77.9 Å². The second-order valence-electron chi connectivity index (χ2n) is 9.65. The molecule has 1 fully saturated rings. The van der Waals surface area contributed by atoms with Gasteiger partial charge in [0.25, 0.3) is 5.91 Å². The van der Waals surface area contributed by atoms with Crippen molar-refractivity contribution in [3.63, 3.8) is 0 Å². The van der Waals surface area contributed by atoms with E-state index in [9.17, 15) is 18.8 Å². The zero-order chi connectivity index (χ0) is 25.3. The molecule has 0 unspecified atom stereocenters. The number of carbonyl (C=O) groups is 3. The highest BCUT2D eigenvalue weighted by molar-refractivity contribution is 6.76. The molecule has 3 aromatic rings. The van der Waals surface area contributed by atoms with Gasteiger partial charge in [0.15, 0.2) is 5.65 Å². The van der Waals surface area contributed by atoms with Crippen LogP contribution in [0.2, 0.25) is 25.7 Å². The number of nitrogens with one attached hydrogen (secondary N) is 1. The average Bonchev–Trinajstić information content (AvgIpc) is 3.34. The lowest BCUT2D eigenvalue weighted by Crippen LogP contribution is -2.47. The van der Waals surface area contributed by atoms with E-state index in [0.717, 1.165) is 12.1 Å². The number of amides is 2. The monoisotopic (exact) mass is 504 g/mol. The standard InChI is InChI=1S/C22H29FN6O5Si/c1-35(2,3)9-8-33-13-28-17-11-14(23)10-15(19(24)30)18(17)29-20(28)16(12-26-29)21(31)34-22(32)27-6-4-25-5-7-27/h10-12,25H,4-9,13H2,1-3H3,(H2,24,30). The predicted molar refractivity (Wildman–Crippen MR) is 129 cm³/mol. The van der Waals surface area contributed by atoms with E-state index in [2.05, 4.69) is 30.1 Å². The molecule has 1 aliphatic heterocycles. The number of nitrogens with two attached hydrogens (primary N) is 1. The summed E-state index contributed by atoms with van der Waals surface area (Å²) < 4.78 is 28.3. The first-order valence-electron chi connectivity index (χ1n) is 11.4. The molecule has 2 amide bonds. The summed E-state index contributed by atoms with van der Waals surface area (Å²) in [6.45, 7) is 9.13. The van der Waals surface area contributed by atoms with E-state index in [1.54, 1.807) is 0 Å². The number of ether oxygens (including phenoxy) is 2. The molecule has 0 radical (unpaired) electrons. The van der Waals surface area contributed by atoms with Crippen molar-refractivity contribution < 1.29 is 28.2 Å². The second kappa shape index (κ2) is 9.75. The van der Waals surface area contributed by atoms with Gasteiger partial charge in [-0.15, -0.1) is 0 Å². The van der Waals surface area contributed by atoms with Crippen LogP contribution in [0.1, 0.15) is 20.7 Å². The van der Waals surface area contributed by atoms with Gasteiger partial charge in [0.05, 0.1) is 17.3 Å². The molecule has 0 spiro atoms. The van der Waals surface area contributed by atoms with Crippen molar-refractivity contribution >= 4 is 42.7 Å². The van der Waals surface area contributed by atoms with Crippen LogP contribution >= 0.6 is 0 Å². The van der Waals surface area contributed by atoms with Gasteiger partial charge in [0.1, 0.15) is 23.6 Å². The Hall–Kier alpha value is -3.29. The van der Waals surface area contributed by atoms with E-state index < -0.39 is 31.9 Å². The Balaban J connectivity index is 1.74. The molecule has 0 bridgehead atoms. The first-order valence-corrected chi connectivity index (χ1v) is 15.1. The smallest absolute Gasteiger partial charge is 0.372 e. The van der Waals surface area contributed by atoms with Crippen molar-refractivity contribution in [2.24, 2.45) is 5.73 Å². The van der Waals surface area contributed by atoms with E-state index in [1.165, 1.54) is 26.2 Å². The van der Waals surface area contributed by atoms with Crippen molar-refractivity contribution in [2.75, 3.05) is 32.8 Å². The summed E-state index contributed by atoms with van der Waals surface area (Å²) in [4.78, 5) is 39.0. The molecule has 35 heavy (non-hydrogen) atoms. The fraction of sp³-hybridized carbons (Fsp3) is 0.455. The van der Waals surface area contributed by atoms with Crippen molar-refractivity contribution in [1.29, 1.82) is 0 Å². The number of esters is 1. The number of piperazine rings is 1. The normalized spacial score (nSPS) is 14.6. The van der Waals surface area contributed by atoms with Crippen molar-refractivity contribution in [3.8, 4) is 0 Å². The highest BCUT2D eigenvalue weighted by atomic mass is 28.3. The summed E-state index contributed by atoms with van der Waals surface area (Å²) in [7, 11) is -1.36. The van der Waals surface area contributed by atoms with Gasteiger partial charge < -0.3 is 25.4 Å². The van der Waals surface area contributed by atoms with Crippen LogP contribution < -0.4 is 11.1 Å². The minimum atomic E-state index is -1.36. The Kier molecular flexibility index (Phi) is 6.92. The molecule has 3 heterocycles. The SMILES string of the molecule is C[Si](C)(C)CCOCn1c2cc(F)cc(C(N)=O)c2n2ncc(C(=O)OC(=O)N3CCNCC3)c12. The minimum absolute atomic E-state index is 0.0192. The molecule has 13 heteroatoms. The number of benzene rings is 1. The molecule has 0 saturated carbocycles. The zero-order valence-corrected chi connectivity index (χ0v) is 21.0. The summed E-state index contributed by atoms with van der Waals surface area (Å²) in [5.74, 6) is -2.43. The summed E-state index contributed by atoms with van der Waals surface area (Å²) in [6, 6.07) is 3.14. The molecule has 1 aliphatic rings. The van der Waals surface area contributed by atoms with Crippen molar-refractivity contribution in [2.45, 2.75) is 32.4 Å². The number of hydrogen-bond donors (Lipinski definition) is 2. The number of fused-ring (bicyclic) bond motifs is 3. The minimum Gasteiger partial charge on any atom is -0.372 e. The molecule has 0 aliphatic carbocycles. The maximum absolute atomic E-state index is 14.4. The molecular weight excluding hydrogens is 475 g/mol. The first kappa shape index (κ1) is 24.8. The Bertz CT molecular complexity index is 1290. The molecule has 4 rings (SSSR count). The third-order valence-electron chi connectivity index (χ3n) is 5.81. The van der Waals surface area contributed by atoms with Crippen LogP contribution in [0.3, 0.4) is 0 Å². The van der Waals surface area contributed by atoms with E-state index in [0.29, 0.717) is 32.8 Å². The number of imidazole rings is 1. The van der Waals surface area contributed by atoms with Crippen LogP contribution in [0, 0.1) is 5.82 Å². The van der Waals surface area contributed by atoms with Gasteiger partial charge in [0, 0.05) is 40.9 Å². The topological polar surface area (TPSA) is 133 Å². The molecule has 1 aromatic carbocycles. The van der Waals surface area contributed by atoms with E-state index in [1.807, 2.05) is 0 Å². The Morgan fingerprint density at radius 2 is 1.89 bits per heavy atom. The number of carbonyl (C=O) groups excluding carboxylic acids is 3. The number of primary amides is 1.